The molecule has 0 saturated carbocycles. The summed E-state index contributed by atoms with van der Waals surface area (Å²) < 4.78 is 47.8. The van der Waals surface area contributed by atoms with Gasteiger partial charge in [-0.25, -0.2) is 4.79 Å². The average molecular weight is 490 g/mol. The average Bonchev–Trinajstić information content (AvgIpc) is 3.12. The minimum atomic E-state index is -4.88. The smallest absolute Gasteiger partial charge is 0.497 e. The highest BCUT2D eigenvalue weighted by atomic mass is 35.5. The molecule has 10 heteroatoms. The van der Waals surface area contributed by atoms with E-state index in [-0.39, 0.29) is 27.5 Å². The SMILES string of the molecule is COc1ccc(C(=O)c2c(C(=O)O)n(-c3ccc(OC(F)(F)F)cc3)c3cc(Cl)ccc23)cc1. The lowest BCUT2D eigenvalue weighted by Gasteiger charge is -2.12. The summed E-state index contributed by atoms with van der Waals surface area (Å²) in [4.78, 5) is 25.8. The number of alkyl halides is 3. The maximum absolute atomic E-state index is 13.4. The van der Waals surface area contributed by atoms with Gasteiger partial charge in [-0.3, -0.25) is 4.79 Å². The zero-order chi connectivity index (χ0) is 24.6. The molecule has 34 heavy (non-hydrogen) atoms. The number of aromatic carboxylic acids is 1. The van der Waals surface area contributed by atoms with Gasteiger partial charge in [0.2, 0.25) is 0 Å². The quantitative estimate of drug-likeness (QED) is 0.330. The van der Waals surface area contributed by atoms with E-state index in [0.29, 0.717) is 16.7 Å². The highest BCUT2D eigenvalue weighted by Crippen LogP contribution is 2.34. The van der Waals surface area contributed by atoms with E-state index in [1.54, 1.807) is 12.1 Å². The number of carbonyl (C=O) groups excluding carboxylic acids is 1. The minimum Gasteiger partial charge on any atom is -0.497 e. The number of benzene rings is 3. The zero-order valence-electron chi connectivity index (χ0n) is 17.4. The zero-order valence-corrected chi connectivity index (χ0v) is 18.1. The first-order chi connectivity index (χ1) is 16.1. The van der Waals surface area contributed by atoms with E-state index < -0.39 is 23.9 Å². The molecule has 174 valence electrons. The van der Waals surface area contributed by atoms with Crippen molar-refractivity contribution >= 4 is 34.3 Å². The molecule has 1 N–H and O–H groups in total. The van der Waals surface area contributed by atoms with Gasteiger partial charge in [0, 0.05) is 21.7 Å². The van der Waals surface area contributed by atoms with Crippen LogP contribution in [0.2, 0.25) is 5.02 Å². The van der Waals surface area contributed by atoms with Crippen LogP contribution in [0.25, 0.3) is 16.6 Å². The maximum atomic E-state index is 13.4. The molecular weight excluding hydrogens is 475 g/mol. The van der Waals surface area contributed by atoms with Crippen molar-refractivity contribution in [2.24, 2.45) is 0 Å². The fourth-order valence-corrected chi connectivity index (χ4v) is 3.81. The van der Waals surface area contributed by atoms with E-state index in [1.165, 1.54) is 54.1 Å². The number of fused-ring (bicyclic) bond motifs is 1. The van der Waals surface area contributed by atoms with E-state index >= 15 is 0 Å². The molecule has 0 bridgehead atoms. The molecule has 0 spiro atoms. The van der Waals surface area contributed by atoms with Crippen LogP contribution in [0.3, 0.4) is 0 Å². The Morgan fingerprint density at radius 1 is 0.941 bits per heavy atom. The number of ketones is 1. The molecule has 6 nitrogen and oxygen atoms in total. The van der Waals surface area contributed by atoms with Gasteiger partial charge in [-0.2, -0.15) is 0 Å². The second-order valence-corrected chi connectivity index (χ2v) is 7.56. The first-order valence-electron chi connectivity index (χ1n) is 9.71. The van der Waals surface area contributed by atoms with Crippen LogP contribution < -0.4 is 9.47 Å². The lowest BCUT2D eigenvalue weighted by Crippen LogP contribution is -2.17. The van der Waals surface area contributed by atoms with Crippen molar-refractivity contribution in [1.29, 1.82) is 0 Å². The van der Waals surface area contributed by atoms with Crippen molar-refractivity contribution in [3.05, 3.63) is 88.6 Å². The van der Waals surface area contributed by atoms with Gasteiger partial charge in [0.15, 0.2) is 5.78 Å². The van der Waals surface area contributed by atoms with E-state index in [4.69, 9.17) is 16.3 Å². The van der Waals surface area contributed by atoms with Gasteiger partial charge in [0.05, 0.1) is 18.2 Å². The van der Waals surface area contributed by atoms with Crippen molar-refractivity contribution < 1.29 is 37.3 Å². The third kappa shape index (κ3) is 4.42. The number of carboxylic acid groups (broad SMARTS) is 1. The molecule has 0 aliphatic heterocycles. The normalized spacial score (nSPS) is 11.4. The number of methoxy groups -OCH3 is 1. The summed E-state index contributed by atoms with van der Waals surface area (Å²) in [5.74, 6) is -1.91. The topological polar surface area (TPSA) is 77.8 Å². The van der Waals surface area contributed by atoms with Crippen molar-refractivity contribution in [3.63, 3.8) is 0 Å². The number of aromatic nitrogens is 1. The molecule has 1 heterocycles. The largest absolute Gasteiger partial charge is 0.573 e. The summed E-state index contributed by atoms with van der Waals surface area (Å²) in [7, 11) is 1.47. The number of halogens is 4. The van der Waals surface area contributed by atoms with Crippen LogP contribution in [0.5, 0.6) is 11.5 Å². The van der Waals surface area contributed by atoms with Crippen LogP contribution in [-0.2, 0) is 0 Å². The minimum absolute atomic E-state index is 0.0834. The van der Waals surface area contributed by atoms with Crippen molar-refractivity contribution in [2.45, 2.75) is 6.36 Å². The summed E-state index contributed by atoms with van der Waals surface area (Å²) in [6, 6.07) is 15.3. The van der Waals surface area contributed by atoms with Gasteiger partial charge in [-0.05, 0) is 60.7 Å². The molecule has 3 aromatic carbocycles. The van der Waals surface area contributed by atoms with Gasteiger partial charge in [0.25, 0.3) is 0 Å². The number of hydrogen-bond acceptors (Lipinski definition) is 4. The predicted molar refractivity (Wildman–Crippen MR) is 118 cm³/mol. The molecule has 0 radical (unpaired) electrons. The van der Waals surface area contributed by atoms with E-state index in [2.05, 4.69) is 4.74 Å². The predicted octanol–water partition coefficient (Wildman–Crippen LogP) is 6.12. The summed E-state index contributed by atoms with van der Waals surface area (Å²) in [5, 5.41) is 10.7. The van der Waals surface area contributed by atoms with Crippen LogP contribution in [0.15, 0.2) is 66.7 Å². The van der Waals surface area contributed by atoms with Crippen molar-refractivity contribution in [3.8, 4) is 17.2 Å². The maximum Gasteiger partial charge on any atom is 0.573 e. The third-order valence-electron chi connectivity index (χ3n) is 5.04. The van der Waals surface area contributed by atoms with E-state index in [0.717, 1.165) is 12.1 Å². The van der Waals surface area contributed by atoms with Gasteiger partial charge < -0.3 is 19.1 Å². The number of carboxylic acids is 1. The number of ether oxygens (including phenoxy) is 2. The summed E-state index contributed by atoms with van der Waals surface area (Å²) in [6.45, 7) is 0. The Kier molecular flexibility index (Phi) is 5.97. The Balaban J connectivity index is 1.94. The van der Waals surface area contributed by atoms with Crippen LogP contribution in [0.4, 0.5) is 13.2 Å². The van der Waals surface area contributed by atoms with Crippen molar-refractivity contribution in [2.75, 3.05) is 7.11 Å². The fraction of sp³-hybridized carbons (Fsp3) is 0.0833. The van der Waals surface area contributed by atoms with Crippen molar-refractivity contribution in [1.82, 2.24) is 4.57 Å². The molecule has 0 fully saturated rings. The molecule has 4 aromatic rings. The highest BCUT2D eigenvalue weighted by molar-refractivity contribution is 6.32. The molecule has 0 aliphatic rings. The molecule has 0 amide bonds. The molecule has 0 saturated heterocycles. The summed E-state index contributed by atoms with van der Waals surface area (Å²) in [6.07, 6.45) is -4.88. The Morgan fingerprint density at radius 2 is 1.56 bits per heavy atom. The molecule has 1 aromatic heterocycles. The second kappa shape index (κ2) is 8.75. The van der Waals surface area contributed by atoms with Gasteiger partial charge in [-0.1, -0.05) is 17.7 Å². The van der Waals surface area contributed by atoms with Crippen LogP contribution in [0.1, 0.15) is 26.4 Å². The standard InChI is InChI=1S/C24H15ClF3NO5/c1-33-16-7-2-13(3-8-16)22(30)20-18-11-4-14(25)12-19(18)29(21(20)23(31)32)15-5-9-17(10-6-15)34-24(26,27)28/h2-12H,1H3,(H,31,32). The number of carbonyl (C=O) groups is 2. The second-order valence-electron chi connectivity index (χ2n) is 7.12. The summed E-state index contributed by atoms with van der Waals surface area (Å²) in [5.41, 5.74) is 0.285. The van der Waals surface area contributed by atoms with Gasteiger partial charge in [-0.15, -0.1) is 13.2 Å². The Labute approximate surface area is 195 Å². The number of hydrogen-bond donors (Lipinski definition) is 1. The monoisotopic (exact) mass is 489 g/mol. The number of rotatable bonds is 6. The van der Waals surface area contributed by atoms with Gasteiger partial charge in [0.1, 0.15) is 17.2 Å². The Morgan fingerprint density at radius 3 is 2.12 bits per heavy atom. The number of nitrogens with zero attached hydrogens (tertiary/aromatic N) is 1. The molecule has 0 unspecified atom stereocenters. The highest BCUT2D eigenvalue weighted by Gasteiger charge is 2.32. The molecular formula is C24H15ClF3NO5. The van der Waals surface area contributed by atoms with Crippen LogP contribution in [-0.4, -0.2) is 34.9 Å². The van der Waals surface area contributed by atoms with Gasteiger partial charge >= 0.3 is 12.3 Å². The summed E-state index contributed by atoms with van der Waals surface area (Å²) >= 11 is 6.14. The Bertz CT molecular complexity index is 1390. The first kappa shape index (κ1) is 23.2. The molecule has 4 rings (SSSR count). The molecule has 0 atom stereocenters. The lowest BCUT2D eigenvalue weighted by atomic mass is 10.00. The fourth-order valence-electron chi connectivity index (χ4n) is 3.65. The lowest BCUT2D eigenvalue weighted by molar-refractivity contribution is -0.274. The van der Waals surface area contributed by atoms with Crippen LogP contribution in [0, 0.1) is 0 Å². The third-order valence-corrected chi connectivity index (χ3v) is 5.28. The van der Waals surface area contributed by atoms with E-state index in [1.807, 2.05) is 0 Å². The van der Waals surface area contributed by atoms with E-state index in [9.17, 15) is 27.9 Å². The molecule has 0 aliphatic carbocycles. The van der Waals surface area contributed by atoms with Crippen LogP contribution >= 0.6 is 11.6 Å². The first-order valence-corrected chi connectivity index (χ1v) is 10.1. The Hall–Kier alpha value is -3.98.